The van der Waals surface area contributed by atoms with E-state index in [0.29, 0.717) is 28.0 Å². The van der Waals surface area contributed by atoms with E-state index in [1.165, 1.54) is 6.08 Å². The van der Waals surface area contributed by atoms with Crippen molar-refractivity contribution in [2.45, 2.75) is 47.0 Å². The Hall–Kier alpha value is -3.28. The molecule has 6 nitrogen and oxygen atoms in total. The number of phenolic OH excluding ortho intramolecular Hbond substituents is 1. The lowest BCUT2D eigenvalue weighted by molar-refractivity contribution is -0.129. The molecule has 2 aromatic carbocycles. The van der Waals surface area contributed by atoms with Crippen molar-refractivity contribution in [3.8, 4) is 22.6 Å². The van der Waals surface area contributed by atoms with Gasteiger partial charge in [0.25, 0.3) is 0 Å². The fraction of sp³-hybridized carbons (Fsp3) is 0.360. The molecule has 0 bridgehead atoms. The molecule has 0 aliphatic carbocycles. The second kappa shape index (κ2) is 11.2. The van der Waals surface area contributed by atoms with Gasteiger partial charge in [0.15, 0.2) is 0 Å². The number of rotatable bonds is 10. The van der Waals surface area contributed by atoms with Crippen molar-refractivity contribution in [1.82, 2.24) is 0 Å². The van der Waals surface area contributed by atoms with Crippen LogP contribution in [0.5, 0.6) is 11.5 Å². The SMILES string of the molecule is CCCCC=CC(=O)Oc1ccc(C(=N)N)c(-c2ccc(N(CC)CC)cc2O)c1C. The van der Waals surface area contributed by atoms with Crippen LogP contribution in [-0.4, -0.2) is 30.0 Å². The highest BCUT2D eigenvalue weighted by Crippen LogP contribution is 2.39. The molecule has 0 spiro atoms. The number of carbonyl (C=O) groups is 1. The number of ether oxygens (including phenoxy) is 1. The molecule has 0 saturated carbocycles. The number of phenols is 1. The smallest absolute Gasteiger partial charge is 0.335 e. The molecular formula is C25H33N3O3. The minimum atomic E-state index is -0.457. The highest BCUT2D eigenvalue weighted by Gasteiger charge is 2.19. The summed E-state index contributed by atoms with van der Waals surface area (Å²) in [5.41, 5.74) is 8.95. The molecular weight excluding hydrogens is 390 g/mol. The molecule has 0 fully saturated rings. The maximum absolute atomic E-state index is 12.2. The van der Waals surface area contributed by atoms with Crippen molar-refractivity contribution in [2.24, 2.45) is 5.73 Å². The summed E-state index contributed by atoms with van der Waals surface area (Å²) in [5.74, 6) is -0.125. The first kappa shape index (κ1) is 24.0. The Labute approximate surface area is 184 Å². The lowest BCUT2D eigenvalue weighted by Crippen LogP contribution is -2.21. The number of hydrogen-bond acceptors (Lipinski definition) is 5. The first-order chi connectivity index (χ1) is 14.8. The van der Waals surface area contributed by atoms with Gasteiger partial charge in [-0.2, -0.15) is 0 Å². The van der Waals surface area contributed by atoms with Gasteiger partial charge in [-0.1, -0.05) is 25.8 Å². The van der Waals surface area contributed by atoms with Gasteiger partial charge in [-0.15, -0.1) is 0 Å². The highest BCUT2D eigenvalue weighted by molar-refractivity contribution is 6.03. The van der Waals surface area contributed by atoms with Gasteiger partial charge in [0.2, 0.25) is 0 Å². The number of amidine groups is 1. The van der Waals surface area contributed by atoms with Gasteiger partial charge in [-0.25, -0.2) is 4.79 Å². The predicted molar refractivity (Wildman–Crippen MR) is 127 cm³/mol. The van der Waals surface area contributed by atoms with E-state index in [4.69, 9.17) is 15.9 Å². The summed E-state index contributed by atoms with van der Waals surface area (Å²) < 4.78 is 5.53. The molecule has 4 N–H and O–H groups in total. The summed E-state index contributed by atoms with van der Waals surface area (Å²) in [5, 5.41) is 18.8. The Kier molecular flexibility index (Phi) is 8.67. The molecule has 166 valence electrons. The number of nitrogens with one attached hydrogen (secondary N) is 1. The molecule has 0 aliphatic heterocycles. The lowest BCUT2D eigenvalue weighted by atomic mass is 9.92. The maximum Gasteiger partial charge on any atom is 0.335 e. The number of carbonyl (C=O) groups excluding carboxylic acids is 1. The Morgan fingerprint density at radius 3 is 2.48 bits per heavy atom. The second-order valence-corrected chi connectivity index (χ2v) is 7.36. The van der Waals surface area contributed by atoms with Crippen molar-refractivity contribution in [3.63, 3.8) is 0 Å². The summed E-state index contributed by atoms with van der Waals surface area (Å²) in [6.07, 6.45) is 6.15. The van der Waals surface area contributed by atoms with Crippen LogP contribution in [0.2, 0.25) is 0 Å². The van der Waals surface area contributed by atoms with E-state index in [-0.39, 0.29) is 11.6 Å². The van der Waals surface area contributed by atoms with Gasteiger partial charge in [-0.05, 0) is 51.5 Å². The topological polar surface area (TPSA) is 99.6 Å². The van der Waals surface area contributed by atoms with Crippen LogP contribution < -0.4 is 15.4 Å². The zero-order chi connectivity index (χ0) is 23.0. The van der Waals surface area contributed by atoms with Gasteiger partial charge in [0.05, 0.1) is 0 Å². The largest absolute Gasteiger partial charge is 0.507 e. The number of hydrogen-bond donors (Lipinski definition) is 3. The molecule has 6 heteroatoms. The fourth-order valence-corrected chi connectivity index (χ4v) is 3.54. The highest BCUT2D eigenvalue weighted by atomic mass is 16.5. The summed E-state index contributed by atoms with van der Waals surface area (Å²) in [4.78, 5) is 14.3. The zero-order valence-electron chi connectivity index (χ0n) is 18.9. The van der Waals surface area contributed by atoms with E-state index in [2.05, 4.69) is 25.7 Å². The third-order valence-corrected chi connectivity index (χ3v) is 5.27. The first-order valence-electron chi connectivity index (χ1n) is 10.8. The van der Waals surface area contributed by atoms with E-state index in [1.54, 1.807) is 25.1 Å². The quantitative estimate of drug-likeness (QED) is 0.123. The van der Waals surface area contributed by atoms with Crippen molar-refractivity contribution < 1.29 is 14.6 Å². The van der Waals surface area contributed by atoms with Gasteiger partial charge >= 0.3 is 5.97 Å². The average molecular weight is 424 g/mol. The Morgan fingerprint density at radius 1 is 1.19 bits per heavy atom. The number of nitrogens with two attached hydrogens (primary N) is 1. The van der Waals surface area contributed by atoms with Crippen LogP contribution in [0, 0.1) is 12.3 Å². The molecule has 2 rings (SSSR count). The molecule has 0 aliphatic rings. The normalized spacial score (nSPS) is 11.0. The van der Waals surface area contributed by atoms with Crippen molar-refractivity contribution in [1.29, 1.82) is 5.41 Å². The number of nitrogen functional groups attached to an aromatic ring is 1. The summed E-state index contributed by atoms with van der Waals surface area (Å²) in [7, 11) is 0. The number of anilines is 1. The van der Waals surface area contributed by atoms with Crippen LogP contribution in [0.1, 0.15) is 51.2 Å². The van der Waals surface area contributed by atoms with Crippen molar-refractivity contribution in [2.75, 3.05) is 18.0 Å². The van der Waals surface area contributed by atoms with Gasteiger partial charge in [-0.3, -0.25) is 5.41 Å². The minimum absolute atomic E-state index is 0.0814. The molecule has 0 unspecified atom stereocenters. The van der Waals surface area contributed by atoms with E-state index < -0.39 is 5.97 Å². The maximum atomic E-state index is 12.2. The number of nitrogens with zero attached hydrogens (tertiary/aromatic N) is 1. The Morgan fingerprint density at radius 2 is 1.90 bits per heavy atom. The average Bonchev–Trinajstić information content (AvgIpc) is 2.74. The first-order valence-corrected chi connectivity index (χ1v) is 10.8. The van der Waals surface area contributed by atoms with Crippen LogP contribution in [-0.2, 0) is 4.79 Å². The summed E-state index contributed by atoms with van der Waals surface area (Å²) in [6, 6.07) is 8.73. The van der Waals surface area contributed by atoms with Crippen LogP contribution in [0.25, 0.3) is 11.1 Å². The molecule has 0 atom stereocenters. The molecule has 0 amide bonds. The third-order valence-electron chi connectivity index (χ3n) is 5.27. The van der Waals surface area contributed by atoms with Crippen LogP contribution in [0.4, 0.5) is 5.69 Å². The van der Waals surface area contributed by atoms with Crippen molar-refractivity contribution >= 4 is 17.5 Å². The van der Waals surface area contributed by atoms with E-state index in [1.807, 2.05) is 18.2 Å². The van der Waals surface area contributed by atoms with E-state index >= 15 is 0 Å². The zero-order valence-corrected chi connectivity index (χ0v) is 18.9. The molecule has 0 heterocycles. The van der Waals surface area contributed by atoms with Gasteiger partial charge in [0, 0.05) is 53.2 Å². The third kappa shape index (κ3) is 5.87. The van der Waals surface area contributed by atoms with Crippen LogP contribution >= 0.6 is 0 Å². The standard InChI is InChI=1S/C25H33N3O3/c1-5-8-9-10-11-23(30)31-22-15-14-20(25(26)27)24(17(22)4)19-13-12-18(16-21(19)29)28(6-2)7-3/h10-16,29H,5-9H2,1-4H3,(H3,26,27). The molecule has 0 aromatic heterocycles. The van der Waals surface area contributed by atoms with Crippen molar-refractivity contribution in [3.05, 3.63) is 53.6 Å². The number of aromatic hydroxyl groups is 1. The molecule has 31 heavy (non-hydrogen) atoms. The molecule has 0 saturated heterocycles. The number of allylic oxidation sites excluding steroid dienone is 1. The lowest BCUT2D eigenvalue weighted by Gasteiger charge is -2.22. The Balaban J connectivity index is 2.47. The summed E-state index contributed by atoms with van der Waals surface area (Å²) >= 11 is 0. The van der Waals surface area contributed by atoms with Crippen LogP contribution in [0.15, 0.2) is 42.5 Å². The monoisotopic (exact) mass is 423 g/mol. The molecule has 2 aromatic rings. The predicted octanol–water partition coefficient (Wildman–Crippen LogP) is 5.15. The van der Waals surface area contributed by atoms with E-state index in [0.717, 1.165) is 38.0 Å². The van der Waals surface area contributed by atoms with Gasteiger partial charge < -0.3 is 20.5 Å². The Bertz CT molecular complexity index is 963. The number of unbranched alkanes of at least 4 members (excludes halogenated alkanes) is 2. The molecule has 0 radical (unpaired) electrons. The fourth-order valence-electron chi connectivity index (χ4n) is 3.54. The second-order valence-electron chi connectivity index (χ2n) is 7.36. The number of benzene rings is 2. The van der Waals surface area contributed by atoms with Crippen LogP contribution in [0.3, 0.4) is 0 Å². The summed E-state index contributed by atoms with van der Waals surface area (Å²) in [6.45, 7) is 9.65. The van der Waals surface area contributed by atoms with Gasteiger partial charge in [0.1, 0.15) is 17.3 Å². The number of esters is 1. The van der Waals surface area contributed by atoms with E-state index in [9.17, 15) is 9.90 Å². The minimum Gasteiger partial charge on any atom is -0.507 e.